The Bertz CT molecular complexity index is 971. The zero-order valence-corrected chi connectivity index (χ0v) is 20.5. The molecular formula is C20H26F2IN3O4S. The molecule has 0 bridgehead atoms. The average Bonchev–Trinajstić information content (AvgIpc) is 2.70. The minimum atomic E-state index is -3.25. The summed E-state index contributed by atoms with van der Waals surface area (Å²) in [5.41, 5.74) is 1.31. The normalized spacial score (nSPS) is 11.6. The van der Waals surface area contributed by atoms with Gasteiger partial charge >= 0.3 is 6.61 Å². The molecule has 0 amide bonds. The molecule has 0 fully saturated rings. The van der Waals surface area contributed by atoms with Gasteiger partial charge in [-0.3, -0.25) is 0 Å². The van der Waals surface area contributed by atoms with E-state index in [0.717, 1.165) is 11.8 Å². The molecule has 0 aliphatic heterocycles. The molecule has 2 N–H and O–H groups in total. The lowest BCUT2D eigenvalue weighted by Gasteiger charge is -2.15. The second-order valence-electron chi connectivity index (χ2n) is 6.32. The van der Waals surface area contributed by atoms with Crippen molar-refractivity contribution in [3.05, 3.63) is 53.6 Å². The summed E-state index contributed by atoms with van der Waals surface area (Å²) >= 11 is 0. The third-order valence-corrected chi connectivity index (χ3v) is 5.17. The quantitative estimate of drug-likeness (QED) is 0.273. The Morgan fingerprint density at radius 3 is 2.35 bits per heavy atom. The van der Waals surface area contributed by atoms with Crippen LogP contribution in [0.15, 0.2) is 52.4 Å². The van der Waals surface area contributed by atoms with Gasteiger partial charge in [0.25, 0.3) is 0 Å². The first-order valence-corrected chi connectivity index (χ1v) is 11.0. The Morgan fingerprint density at radius 1 is 1.13 bits per heavy atom. The lowest BCUT2D eigenvalue weighted by Crippen LogP contribution is -2.36. The van der Waals surface area contributed by atoms with Crippen LogP contribution in [0, 0.1) is 0 Å². The average molecular weight is 569 g/mol. The maximum Gasteiger partial charge on any atom is 0.387 e. The highest BCUT2D eigenvalue weighted by atomic mass is 127. The molecule has 0 atom stereocenters. The van der Waals surface area contributed by atoms with Gasteiger partial charge in [0.15, 0.2) is 15.8 Å². The molecule has 172 valence electrons. The first-order chi connectivity index (χ1) is 14.2. The van der Waals surface area contributed by atoms with Gasteiger partial charge in [-0.15, -0.1) is 24.0 Å². The molecule has 7 nitrogen and oxygen atoms in total. The topological polar surface area (TPSA) is 89.0 Å². The summed E-state index contributed by atoms with van der Waals surface area (Å²) in [6, 6.07) is 11.0. The number of methoxy groups -OCH3 is 1. The number of aliphatic imine (C=N–C) groups is 1. The number of rotatable bonds is 9. The predicted molar refractivity (Wildman–Crippen MR) is 126 cm³/mol. The minimum absolute atomic E-state index is 0. The monoisotopic (exact) mass is 569 g/mol. The van der Waals surface area contributed by atoms with E-state index in [0.29, 0.717) is 30.4 Å². The van der Waals surface area contributed by atoms with Gasteiger partial charge in [0.05, 0.1) is 18.6 Å². The maximum atomic E-state index is 12.7. The molecule has 2 rings (SSSR count). The molecule has 11 heteroatoms. The van der Waals surface area contributed by atoms with Crippen LogP contribution in [0.1, 0.15) is 18.1 Å². The van der Waals surface area contributed by atoms with Crippen molar-refractivity contribution in [2.24, 2.45) is 4.99 Å². The molecule has 0 unspecified atom stereocenters. The standard InChI is InChI=1S/C20H25F2N3O4S.HI/c1-4-23-20(24-12-14-5-8-17(9-6-14)30(3,26)27)25-13-15-11-16(28-2)7-10-18(15)29-19(21)22;/h5-11,19H,4,12-13H2,1-3H3,(H2,23,24,25);1H. The lowest BCUT2D eigenvalue weighted by molar-refractivity contribution is -0.0505. The van der Waals surface area contributed by atoms with E-state index in [1.54, 1.807) is 24.3 Å². The summed E-state index contributed by atoms with van der Waals surface area (Å²) in [5.74, 6) is 1.03. The first-order valence-electron chi connectivity index (χ1n) is 9.15. The molecule has 0 heterocycles. The minimum Gasteiger partial charge on any atom is -0.497 e. The second-order valence-corrected chi connectivity index (χ2v) is 8.33. The summed E-state index contributed by atoms with van der Waals surface area (Å²) in [4.78, 5) is 4.69. The SMILES string of the molecule is CCNC(=NCc1ccc(S(C)(=O)=O)cc1)NCc1cc(OC)ccc1OC(F)F.I. The fourth-order valence-corrected chi connectivity index (χ4v) is 3.20. The number of alkyl halides is 2. The van der Waals surface area contributed by atoms with Crippen LogP contribution >= 0.6 is 24.0 Å². The molecule has 31 heavy (non-hydrogen) atoms. The molecule has 0 spiro atoms. The van der Waals surface area contributed by atoms with Crippen molar-refractivity contribution < 1.29 is 26.7 Å². The van der Waals surface area contributed by atoms with Gasteiger partial charge < -0.3 is 20.1 Å². The summed E-state index contributed by atoms with van der Waals surface area (Å²) in [6.45, 7) is 0.0384. The molecule has 2 aromatic rings. The number of hydrogen-bond donors (Lipinski definition) is 2. The van der Waals surface area contributed by atoms with Gasteiger partial charge in [0, 0.05) is 24.9 Å². The number of halogens is 3. The predicted octanol–water partition coefficient (Wildman–Crippen LogP) is 3.57. The van der Waals surface area contributed by atoms with Gasteiger partial charge in [-0.25, -0.2) is 13.4 Å². The van der Waals surface area contributed by atoms with Crippen molar-refractivity contribution in [1.29, 1.82) is 0 Å². The van der Waals surface area contributed by atoms with Gasteiger partial charge in [-0.1, -0.05) is 12.1 Å². The smallest absolute Gasteiger partial charge is 0.387 e. The van der Waals surface area contributed by atoms with E-state index in [2.05, 4.69) is 20.4 Å². The van der Waals surface area contributed by atoms with Gasteiger partial charge in [0.2, 0.25) is 0 Å². The summed E-state index contributed by atoms with van der Waals surface area (Å²) in [7, 11) is -1.77. The van der Waals surface area contributed by atoms with Gasteiger partial charge in [-0.05, 0) is 42.8 Å². The highest BCUT2D eigenvalue weighted by Gasteiger charge is 2.12. The van der Waals surface area contributed by atoms with E-state index in [1.165, 1.54) is 25.3 Å². The van der Waals surface area contributed by atoms with Crippen molar-refractivity contribution >= 4 is 39.8 Å². The molecule has 0 aliphatic rings. The van der Waals surface area contributed by atoms with E-state index in [9.17, 15) is 17.2 Å². The van der Waals surface area contributed by atoms with Crippen LogP contribution in [0.2, 0.25) is 0 Å². The van der Waals surface area contributed by atoms with Crippen molar-refractivity contribution in [3.8, 4) is 11.5 Å². The van der Waals surface area contributed by atoms with Crippen LogP contribution in [0.25, 0.3) is 0 Å². The van der Waals surface area contributed by atoms with Crippen molar-refractivity contribution in [2.75, 3.05) is 19.9 Å². The van der Waals surface area contributed by atoms with Crippen LogP contribution < -0.4 is 20.1 Å². The summed E-state index contributed by atoms with van der Waals surface area (Å²) in [5, 5.41) is 6.14. The lowest BCUT2D eigenvalue weighted by atomic mass is 10.2. The largest absolute Gasteiger partial charge is 0.497 e. The number of hydrogen-bond acceptors (Lipinski definition) is 5. The van der Waals surface area contributed by atoms with Crippen LogP contribution in [0.5, 0.6) is 11.5 Å². The molecule has 0 saturated carbocycles. The molecule has 0 aromatic heterocycles. The fraction of sp³-hybridized carbons (Fsp3) is 0.350. The third kappa shape index (κ3) is 8.85. The number of guanidine groups is 1. The summed E-state index contributed by atoms with van der Waals surface area (Å²) in [6.07, 6.45) is 1.15. The zero-order chi connectivity index (χ0) is 22.1. The number of nitrogens with zero attached hydrogens (tertiary/aromatic N) is 1. The Kier molecular flexibility index (Phi) is 11.0. The van der Waals surface area contributed by atoms with E-state index < -0.39 is 16.4 Å². The van der Waals surface area contributed by atoms with Crippen molar-refractivity contribution in [1.82, 2.24) is 10.6 Å². The summed E-state index contributed by atoms with van der Waals surface area (Å²) < 4.78 is 58.1. The Hall–Kier alpha value is -2.15. The van der Waals surface area contributed by atoms with Crippen LogP contribution in [-0.4, -0.2) is 40.9 Å². The van der Waals surface area contributed by atoms with Crippen molar-refractivity contribution in [3.63, 3.8) is 0 Å². The Labute approximate surface area is 198 Å². The number of ether oxygens (including phenoxy) is 2. The molecule has 0 saturated heterocycles. The van der Waals surface area contributed by atoms with E-state index in [4.69, 9.17) is 4.74 Å². The number of nitrogens with one attached hydrogen (secondary N) is 2. The molecule has 0 aliphatic carbocycles. The molecule has 0 radical (unpaired) electrons. The first kappa shape index (κ1) is 26.9. The maximum absolute atomic E-state index is 12.7. The molecule has 2 aromatic carbocycles. The Morgan fingerprint density at radius 2 is 1.81 bits per heavy atom. The zero-order valence-electron chi connectivity index (χ0n) is 17.4. The Balaban J connectivity index is 0.00000480. The van der Waals surface area contributed by atoms with Gasteiger partial charge in [-0.2, -0.15) is 8.78 Å². The third-order valence-electron chi connectivity index (χ3n) is 4.05. The van der Waals surface area contributed by atoms with Crippen LogP contribution in [0.4, 0.5) is 8.78 Å². The number of sulfone groups is 1. The van der Waals surface area contributed by atoms with E-state index in [1.807, 2.05) is 6.92 Å². The fourth-order valence-electron chi connectivity index (χ4n) is 2.56. The van der Waals surface area contributed by atoms with Gasteiger partial charge in [0.1, 0.15) is 11.5 Å². The second kappa shape index (κ2) is 12.6. The number of benzene rings is 2. The van der Waals surface area contributed by atoms with E-state index in [-0.39, 0.29) is 41.2 Å². The molecular weight excluding hydrogens is 543 g/mol. The van der Waals surface area contributed by atoms with Crippen LogP contribution in [-0.2, 0) is 22.9 Å². The van der Waals surface area contributed by atoms with Crippen molar-refractivity contribution in [2.45, 2.75) is 31.5 Å². The highest BCUT2D eigenvalue weighted by Crippen LogP contribution is 2.25. The van der Waals surface area contributed by atoms with Crippen LogP contribution in [0.3, 0.4) is 0 Å². The highest BCUT2D eigenvalue weighted by molar-refractivity contribution is 14.0. The van der Waals surface area contributed by atoms with E-state index >= 15 is 0 Å².